The van der Waals surface area contributed by atoms with Crippen molar-refractivity contribution < 1.29 is 4.79 Å². The van der Waals surface area contributed by atoms with Gasteiger partial charge in [0, 0.05) is 11.4 Å². The van der Waals surface area contributed by atoms with Gasteiger partial charge in [-0.05, 0) is 65.2 Å². The molecule has 0 unspecified atom stereocenters. The maximum atomic E-state index is 12.1. The average molecular weight is 336 g/mol. The van der Waals surface area contributed by atoms with E-state index in [1.54, 1.807) is 11.0 Å². The second-order valence-electron chi connectivity index (χ2n) is 5.71. The molecule has 0 aliphatic rings. The molecule has 2 N–H and O–H groups in total. The number of anilines is 2. The first-order valence-corrected chi connectivity index (χ1v) is 8.12. The fraction of sp³-hybridized carbons (Fsp3) is 0.222. The number of hydrogen-bond donors (Lipinski definition) is 2. The van der Waals surface area contributed by atoms with Gasteiger partial charge in [-0.15, -0.1) is 5.10 Å². The highest BCUT2D eigenvalue weighted by atomic mass is 16.1. The summed E-state index contributed by atoms with van der Waals surface area (Å²) in [5.74, 6) is -0.0912. The molecule has 1 heterocycles. The first-order valence-electron chi connectivity index (χ1n) is 8.12. The van der Waals surface area contributed by atoms with Crippen molar-refractivity contribution in [3.05, 3.63) is 59.9 Å². The van der Waals surface area contributed by atoms with Gasteiger partial charge in [0.2, 0.25) is 5.91 Å². The van der Waals surface area contributed by atoms with Crippen molar-refractivity contribution >= 4 is 17.3 Å². The Hall–Kier alpha value is -3.22. The Morgan fingerprint density at radius 3 is 2.52 bits per heavy atom. The maximum Gasteiger partial charge on any atom is 0.243 e. The van der Waals surface area contributed by atoms with Crippen molar-refractivity contribution in [2.24, 2.45) is 0 Å². The summed E-state index contributed by atoms with van der Waals surface area (Å²) in [6.45, 7) is 4.26. The minimum absolute atomic E-state index is 0.0912. The SMILES string of the molecule is CCc1ccc(NC(=O)CNc2ccc(-n3cnnn3)c(C)c2)cc1. The molecule has 0 fully saturated rings. The molecule has 0 saturated carbocycles. The molecule has 0 saturated heterocycles. The van der Waals surface area contributed by atoms with E-state index in [9.17, 15) is 4.79 Å². The van der Waals surface area contributed by atoms with Crippen molar-refractivity contribution in [3.8, 4) is 5.69 Å². The highest BCUT2D eigenvalue weighted by Gasteiger charge is 2.06. The van der Waals surface area contributed by atoms with Gasteiger partial charge < -0.3 is 10.6 Å². The average Bonchev–Trinajstić information content (AvgIpc) is 3.15. The molecule has 0 aliphatic carbocycles. The zero-order chi connectivity index (χ0) is 17.6. The highest BCUT2D eigenvalue weighted by Crippen LogP contribution is 2.17. The fourth-order valence-corrected chi connectivity index (χ4v) is 2.51. The number of nitrogens with zero attached hydrogens (tertiary/aromatic N) is 4. The third-order valence-corrected chi connectivity index (χ3v) is 3.89. The Kier molecular flexibility index (Phi) is 5.03. The summed E-state index contributed by atoms with van der Waals surface area (Å²) in [5, 5.41) is 17.2. The van der Waals surface area contributed by atoms with Crippen molar-refractivity contribution in [1.29, 1.82) is 0 Å². The Morgan fingerprint density at radius 2 is 1.88 bits per heavy atom. The van der Waals surface area contributed by atoms with Gasteiger partial charge in [0.05, 0.1) is 12.2 Å². The van der Waals surface area contributed by atoms with Gasteiger partial charge >= 0.3 is 0 Å². The highest BCUT2D eigenvalue weighted by molar-refractivity contribution is 5.93. The van der Waals surface area contributed by atoms with E-state index in [2.05, 4.69) is 33.1 Å². The number of hydrogen-bond acceptors (Lipinski definition) is 5. The first kappa shape index (κ1) is 16.6. The van der Waals surface area contributed by atoms with Crippen LogP contribution in [0.4, 0.5) is 11.4 Å². The molecule has 128 valence electrons. The van der Waals surface area contributed by atoms with Crippen molar-refractivity contribution in [1.82, 2.24) is 20.2 Å². The Balaban J connectivity index is 1.57. The van der Waals surface area contributed by atoms with Crippen LogP contribution in [0.5, 0.6) is 0 Å². The van der Waals surface area contributed by atoms with Crippen LogP contribution >= 0.6 is 0 Å². The fourth-order valence-electron chi connectivity index (χ4n) is 2.51. The van der Waals surface area contributed by atoms with E-state index in [-0.39, 0.29) is 12.5 Å². The number of carbonyl (C=O) groups excluding carboxylic acids is 1. The normalized spacial score (nSPS) is 10.5. The second kappa shape index (κ2) is 7.57. The first-order chi connectivity index (χ1) is 12.2. The van der Waals surface area contributed by atoms with Crippen LogP contribution in [0.1, 0.15) is 18.1 Å². The summed E-state index contributed by atoms with van der Waals surface area (Å²) in [6, 6.07) is 13.6. The number of aryl methyl sites for hydroxylation is 2. The lowest BCUT2D eigenvalue weighted by molar-refractivity contribution is -0.114. The number of nitrogens with one attached hydrogen (secondary N) is 2. The molecule has 3 rings (SSSR count). The largest absolute Gasteiger partial charge is 0.376 e. The monoisotopic (exact) mass is 336 g/mol. The molecular weight excluding hydrogens is 316 g/mol. The van der Waals surface area contributed by atoms with Crippen LogP contribution in [0.15, 0.2) is 48.8 Å². The Labute approximate surface area is 146 Å². The third kappa shape index (κ3) is 4.20. The van der Waals surface area contributed by atoms with Gasteiger partial charge in [-0.2, -0.15) is 0 Å². The molecule has 0 radical (unpaired) electrons. The number of carbonyl (C=O) groups is 1. The molecule has 0 atom stereocenters. The Bertz CT molecular complexity index is 843. The van der Waals surface area contributed by atoms with Crippen LogP contribution in [0, 0.1) is 6.92 Å². The zero-order valence-corrected chi connectivity index (χ0v) is 14.2. The van der Waals surface area contributed by atoms with Gasteiger partial charge in [0.25, 0.3) is 0 Å². The van der Waals surface area contributed by atoms with E-state index in [1.165, 1.54) is 5.56 Å². The molecule has 2 aromatic carbocycles. The lowest BCUT2D eigenvalue weighted by Gasteiger charge is -2.11. The van der Waals surface area contributed by atoms with Crippen LogP contribution in [0.25, 0.3) is 5.69 Å². The van der Waals surface area contributed by atoms with E-state index in [0.717, 1.165) is 29.0 Å². The number of amides is 1. The van der Waals surface area contributed by atoms with E-state index < -0.39 is 0 Å². The molecule has 1 amide bonds. The second-order valence-corrected chi connectivity index (χ2v) is 5.71. The van der Waals surface area contributed by atoms with Crippen LogP contribution in [-0.4, -0.2) is 32.7 Å². The summed E-state index contributed by atoms with van der Waals surface area (Å²) >= 11 is 0. The smallest absolute Gasteiger partial charge is 0.243 e. The Morgan fingerprint density at radius 1 is 1.12 bits per heavy atom. The van der Waals surface area contributed by atoms with E-state index in [0.29, 0.717) is 0 Å². The van der Waals surface area contributed by atoms with Gasteiger partial charge in [0.15, 0.2) is 0 Å². The van der Waals surface area contributed by atoms with Crippen molar-refractivity contribution in [3.63, 3.8) is 0 Å². The molecule has 0 aliphatic heterocycles. The van der Waals surface area contributed by atoms with Gasteiger partial charge in [-0.1, -0.05) is 19.1 Å². The molecule has 25 heavy (non-hydrogen) atoms. The number of aromatic nitrogens is 4. The van der Waals surface area contributed by atoms with Crippen LogP contribution in [0.2, 0.25) is 0 Å². The quantitative estimate of drug-likeness (QED) is 0.723. The standard InChI is InChI=1S/C18H20N6O/c1-3-14-4-6-15(7-5-14)21-18(25)11-19-16-8-9-17(13(2)10-16)24-12-20-22-23-24/h4-10,12,19H,3,11H2,1-2H3,(H,21,25). The number of rotatable bonds is 6. The molecule has 1 aromatic heterocycles. The summed E-state index contributed by atoms with van der Waals surface area (Å²) in [5.41, 5.74) is 4.82. The molecule has 0 spiro atoms. The van der Waals surface area contributed by atoms with E-state index >= 15 is 0 Å². The summed E-state index contributed by atoms with van der Waals surface area (Å²) in [6.07, 6.45) is 2.53. The third-order valence-electron chi connectivity index (χ3n) is 3.89. The summed E-state index contributed by atoms with van der Waals surface area (Å²) in [7, 11) is 0. The van der Waals surface area contributed by atoms with Crippen molar-refractivity contribution in [2.75, 3.05) is 17.2 Å². The lowest BCUT2D eigenvalue weighted by atomic mass is 10.1. The van der Waals surface area contributed by atoms with Crippen LogP contribution in [-0.2, 0) is 11.2 Å². The number of tetrazole rings is 1. The molecule has 7 heteroatoms. The minimum Gasteiger partial charge on any atom is -0.376 e. The molecule has 7 nitrogen and oxygen atoms in total. The van der Waals surface area contributed by atoms with E-state index in [1.807, 2.05) is 49.4 Å². The maximum absolute atomic E-state index is 12.1. The van der Waals surface area contributed by atoms with Crippen LogP contribution < -0.4 is 10.6 Å². The van der Waals surface area contributed by atoms with Crippen molar-refractivity contribution in [2.45, 2.75) is 20.3 Å². The number of benzene rings is 2. The van der Waals surface area contributed by atoms with Gasteiger partial charge in [0.1, 0.15) is 6.33 Å². The summed E-state index contributed by atoms with van der Waals surface area (Å²) in [4.78, 5) is 12.1. The van der Waals surface area contributed by atoms with Crippen LogP contribution in [0.3, 0.4) is 0 Å². The van der Waals surface area contributed by atoms with Gasteiger partial charge in [-0.25, -0.2) is 4.68 Å². The predicted octanol–water partition coefficient (Wildman–Crippen LogP) is 2.58. The molecular formula is C18H20N6O. The minimum atomic E-state index is -0.0912. The predicted molar refractivity (Wildman–Crippen MR) is 96.8 cm³/mol. The molecule has 3 aromatic rings. The lowest BCUT2D eigenvalue weighted by Crippen LogP contribution is -2.21. The topological polar surface area (TPSA) is 84.7 Å². The molecule has 0 bridgehead atoms. The summed E-state index contributed by atoms with van der Waals surface area (Å²) < 4.78 is 1.60. The van der Waals surface area contributed by atoms with E-state index in [4.69, 9.17) is 0 Å². The van der Waals surface area contributed by atoms with Gasteiger partial charge in [-0.3, -0.25) is 4.79 Å². The zero-order valence-electron chi connectivity index (χ0n) is 14.2.